The van der Waals surface area contributed by atoms with E-state index in [2.05, 4.69) is 25.8 Å². The van der Waals surface area contributed by atoms with Gasteiger partial charge in [0.15, 0.2) is 0 Å². The quantitative estimate of drug-likeness (QED) is 0.784. The lowest BCUT2D eigenvalue weighted by atomic mass is 10.1. The van der Waals surface area contributed by atoms with Crippen molar-refractivity contribution in [2.24, 2.45) is 0 Å². The Morgan fingerprint density at radius 2 is 2.17 bits per heavy atom. The summed E-state index contributed by atoms with van der Waals surface area (Å²) in [5, 5.41) is 10.2. The molecule has 0 fully saturated rings. The Kier molecular flexibility index (Phi) is 3.23. The zero-order valence-corrected chi connectivity index (χ0v) is 8.61. The summed E-state index contributed by atoms with van der Waals surface area (Å²) in [6, 6.07) is 0. The van der Waals surface area contributed by atoms with Gasteiger partial charge < -0.3 is 5.11 Å². The third-order valence-electron chi connectivity index (χ3n) is 1.76. The van der Waals surface area contributed by atoms with Crippen molar-refractivity contribution in [1.29, 1.82) is 0 Å². The minimum absolute atomic E-state index is 0.130. The predicted molar refractivity (Wildman–Crippen MR) is 51.5 cm³/mol. The molecule has 1 aromatic heterocycles. The second-order valence-corrected chi connectivity index (χ2v) is 4.25. The third kappa shape index (κ3) is 1.84. The number of hydrogen-bond donors (Lipinski definition) is 1. The molecule has 0 amide bonds. The smallest absolute Gasteiger partial charge is 0.0929 e. The van der Waals surface area contributed by atoms with E-state index >= 15 is 0 Å². The van der Waals surface area contributed by atoms with Gasteiger partial charge >= 0.3 is 0 Å². The average molecular weight is 185 g/mol. The molecule has 1 N–H and O–H groups in total. The van der Waals surface area contributed by atoms with E-state index in [-0.39, 0.29) is 6.61 Å². The van der Waals surface area contributed by atoms with Crippen LogP contribution < -0.4 is 0 Å². The van der Waals surface area contributed by atoms with Crippen LogP contribution in [0.2, 0.25) is 0 Å². The molecule has 0 saturated heterocycles. The summed E-state index contributed by atoms with van der Waals surface area (Å²) in [5.41, 5.74) is 1.07. The number of nitrogens with zero attached hydrogens (tertiary/aromatic N) is 1. The molecule has 0 aromatic carbocycles. The molecule has 0 atom stereocenters. The van der Waals surface area contributed by atoms with E-state index in [0.29, 0.717) is 5.92 Å². The van der Waals surface area contributed by atoms with E-state index in [0.717, 1.165) is 22.0 Å². The second kappa shape index (κ2) is 4.01. The predicted octanol–water partition coefficient (Wildman–Crippen LogP) is 2.32. The molecule has 1 heterocycles. The number of aliphatic hydroxyl groups is 1. The molecule has 0 radical (unpaired) electrons. The van der Waals surface area contributed by atoms with E-state index in [1.165, 1.54) is 0 Å². The number of hydrogen-bond acceptors (Lipinski definition) is 3. The molecular formula is C9H15NOS. The van der Waals surface area contributed by atoms with Gasteiger partial charge in [-0.25, -0.2) is 4.98 Å². The van der Waals surface area contributed by atoms with Gasteiger partial charge in [0, 0.05) is 0 Å². The number of thiazole rings is 1. The second-order valence-electron chi connectivity index (χ2n) is 3.08. The maximum absolute atomic E-state index is 9.05. The number of aryl methyl sites for hydroxylation is 1. The van der Waals surface area contributed by atoms with Crippen molar-refractivity contribution in [2.45, 2.75) is 39.7 Å². The highest BCUT2D eigenvalue weighted by molar-refractivity contribution is 7.11. The van der Waals surface area contributed by atoms with Crippen LogP contribution in [0.1, 0.15) is 42.3 Å². The minimum atomic E-state index is 0.130. The maximum Gasteiger partial charge on any atom is 0.0929 e. The molecular weight excluding hydrogens is 170 g/mol. The van der Waals surface area contributed by atoms with Gasteiger partial charge in [0.2, 0.25) is 0 Å². The molecule has 0 unspecified atom stereocenters. The first kappa shape index (κ1) is 9.68. The largest absolute Gasteiger partial charge is 0.391 e. The van der Waals surface area contributed by atoms with Gasteiger partial charge in [-0.15, -0.1) is 11.3 Å². The van der Waals surface area contributed by atoms with Gasteiger partial charge in [0.05, 0.1) is 22.2 Å². The number of aliphatic hydroxyl groups excluding tert-OH is 1. The van der Waals surface area contributed by atoms with Gasteiger partial charge in [-0.05, 0) is 12.3 Å². The van der Waals surface area contributed by atoms with Gasteiger partial charge in [-0.3, -0.25) is 0 Å². The molecule has 0 saturated carbocycles. The molecule has 1 rings (SSSR count). The van der Waals surface area contributed by atoms with E-state index in [9.17, 15) is 0 Å². The first-order chi connectivity index (χ1) is 5.69. The molecule has 0 bridgehead atoms. The van der Waals surface area contributed by atoms with Crippen LogP contribution in [0.5, 0.6) is 0 Å². The van der Waals surface area contributed by atoms with E-state index < -0.39 is 0 Å². The van der Waals surface area contributed by atoms with Crippen molar-refractivity contribution in [3.8, 4) is 0 Å². The molecule has 0 aliphatic carbocycles. The fourth-order valence-corrected chi connectivity index (χ4v) is 2.15. The van der Waals surface area contributed by atoms with E-state index in [4.69, 9.17) is 5.11 Å². The Hall–Kier alpha value is -0.410. The zero-order chi connectivity index (χ0) is 9.14. The molecule has 68 valence electrons. The fourth-order valence-electron chi connectivity index (χ4n) is 1.13. The summed E-state index contributed by atoms with van der Waals surface area (Å²) in [7, 11) is 0. The van der Waals surface area contributed by atoms with Crippen molar-refractivity contribution in [1.82, 2.24) is 4.98 Å². The Labute approximate surface area is 77.3 Å². The summed E-state index contributed by atoms with van der Waals surface area (Å²) in [6.07, 6.45) is 0.963. The molecule has 2 nitrogen and oxygen atoms in total. The normalized spacial score (nSPS) is 11.1. The van der Waals surface area contributed by atoms with Crippen LogP contribution in [0.4, 0.5) is 0 Å². The summed E-state index contributed by atoms with van der Waals surface area (Å²) >= 11 is 1.63. The summed E-state index contributed by atoms with van der Waals surface area (Å²) in [5.74, 6) is 0.420. The van der Waals surface area contributed by atoms with Crippen LogP contribution in [0.25, 0.3) is 0 Å². The Morgan fingerprint density at radius 1 is 1.50 bits per heavy atom. The standard InChI is InChI=1S/C9H15NOS/c1-4-8-10-9(6(2)3)7(5-11)12-8/h6,11H,4-5H2,1-3H3. The Balaban J connectivity index is 3.00. The van der Waals surface area contributed by atoms with Crippen molar-refractivity contribution >= 4 is 11.3 Å². The summed E-state index contributed by atoms with van der Waals surface area (Å²) in [6.45, 7) is 6.43. The van der Waals surface area contributed by atoms with Gasteiger partial charge in [-0.1, -0.05) is 20.8 Å². The average Bonchev–Trinajstić information content (AvgIpc) is 2.47. The van der Waals surface area contributed by atoms with Crippen LogP contribution in [0, 0.1) is 0 Å². The molecule has 0 aliphatic rings. The monoisotopic (exact) mass is 185 g/mol. The van der Waals surface area contributed by atoms with E-state index in [1.807, 2.05) is 0 Å². The minimum Gasteiger partial charge on any atom is -0.391 e. The lowest BCUT2D eigenvalue weighted by Crippen LogP contribution is -1.93. The Morgan fingerprint density at radius 3 is 2.50 bits per heavy atom. The highest BCUT2D eigenvalue weighted by Crippen LogP contribution is 2.25. The molecule has 12 heavy (non-hydrogen) atoms. The van der Waals surface area contributed by atoms with Crippen molar-refractivity contribution in [3.63, 3.8) is 0 Å². The molecule has 0 spiro atoms. The van der Waals surface area contributed by atoms with Gasteiger partial charge in [0.25, 0.3) is 0 Å². The fraction of sp³-hybridized carbons (Fsp3) is 0.667. The van der Waals surface area contributed by atoms with Crippen LogP contribution in [0.15, 0.2) is 0 Å². The van der Waals surface area contributed by atoms with Crippen molar-refractivity contribution in [3.05, 3.63) is 15.6 Å². The first-order valence-corrected chi connectivity index (χ1v) is 5.10. The summed E-state index contributed by atoms with van der Waals surface area (Å²) in [4.78, 5) is 5.49. The molecule has 3 heteroatoms. The van der Waals surface area contributed by atoms with Gasteiger partial charge in [0.1, 0.15) is 0 Å². The third-order valence-corrected chi connectivity index (χ3v) is 2.97. The van der Waals surface area contributed by atoms with Gasteiger partial charge in [-0.2, -0.15) is 0 Å². The lowest BCUT2D eigenvalue weighted by Gasteiger charge is -2.01. The van der Waals surface area contributed by atoms with Crippen LogP contribution >= 0.6 is 11.3 Å². The number of aromatic nitrogens is 1. The highest BCUT2D eigenvalue weighted by Gasteiger charge is 2.11. The van der Waals surface area contributed by atoms with Crippen LogP contribution in [0.3, 0.4) is 0 Å². The zero-order valence-electron chi connectivity index (χ0n) is 7.79. The van der Waals surface area contributed by atoms with Crippen LogP contribution in [-0.4, -0.2) is 10.1 Å². The van der Waals surface area contributed by atoms with Crippen molar-refractivity contribution < 1.29 is 5.11 Å². The first-order valence-electron chi connectivity index (χ1n) is 4.28. The maximum atomic E-state index is 9.05. The Bertz CT molecular complexity index is 255. The van der Waals surface area contributed by atoms with Crippen molar-refractivity contribution in [2.75, 3.05) is 0 Å². The lowest BCUT2D eigenvalue weighted by molar-refractivity contribution is 0.283. The molecule has 0 aliphatic heterocycles. The topological polar surface area (TPSA) is 33.1 Å². The van der Waals surface area contributed by atoms with E-state index in [1.54, 1.807) is 11.3 Å². The summed E-state index contributed by atoms with van der Waals surface area (Å²) < 4.78 is 0. The highest BCUT2D eigenvalue weighted by atomic mass is 32.1. The molecule has 1 aromatic rings. The number of rotatable bonds is 3. The van der Waals surface area contributed by atoms with Crippen LogP contribution in [-0.2, 0) is 13.0 Å². The SMILES string of the molecule is CCc1nc(C(C)C)c(CO)s1.